The molecule has 0 amide bonds. The Balaban J connectivity index is 1.61. The van der Waals surface area contributed by atoms with Crippen molar-refractivity contribution >= 4 is 11.8 Å². The van der Waals surface area contributed by atoms with Crippen molar-refractivity contribution in [1.29, 1.82) is 0 Å². The van der Waals surface area contributed by atoms with Gasteiger partial charge in [0.25, 0.3) is 0 Å². The fourth-order valence-corrected chi connectivity index (χ4v) is 4.70. The molecule has 182 valence electrons. The molecule has 6 heteroatoms. The predicted molar refractivity (Wildman–Crippen MR) is 130 cm³/mol. The lowest BCUT2D eigenvalue weighted by Crippen LogP contribution is -2.36. The number of Topliss-reactive ketones (excluding diaryl/α,β-unsaturated/α-hetero) is 1. The smallest absolute Gasteiger partial charge is 0.315 e. The summed E-state index contributed by atoms with van der Waals surface area (Å²) in [4.78, 5) is 25.0. The van der Waals surface area contributed by atoms with E-state index in [0.717, 1.165) is 54.4 Å². The lowest BCUT2D eigenvalue weighted by Gasteiger charge is -2.29. The zero-order valence-electron chi connectivity index (χ0n) is 20.6. The number of benzene rings is 2. The third-order valence-corrected chi connectivity index (χ3v) is 6.79. The maximum atomic E-state index is 13.0. The Kier molecular flexibility index (Phi) is 7.15. The highest BCUT2D eigenvalue weighted by atomic mass is 16.6. The third-order valence-electron chi connectivity index (χ3n) is 6.79. The van der Waals surface area contributed by atoms with E-state index in [1.54, 1.807) is 14.2 Å². The van der Waals surface area contributed by atoms with Gasteiger partial charge < -0.3 is 18.9 Å². The van der Waals surface area contributed by atoms with Crippen LogP contribution in [0.25, 0.3) is 11.1 Å². The Morgan fingerprint density at radius 2 is 1.68 bits per heavy atom. The summed E-state index contributed by atoms with van der Waals surface area (Å²) in [5.74, 6) is 1.44. The summed E-state index contributed by atoms with van der Waals surface area (Å²) in [7, 11) is 3.14. The van der Waals surface area contributed by atoms with Crippen LogP contribution in [0, 0.1) is 5.41 Å². The largest absolute Gasteiger partial charge is 0.493 e. The Bertz CT molecular complexity index is 1060. The highest BCUT2D eigenvalue weighted by Gasteiger charge is 2.34. The average molecular weight is 467 g/mol. The van der Waals surface area contributed by atoms with Crippen LogP contribution in [-0.4, -0.2) is 38.7 Å². The molecule has 2 aromatic rings. The van der Waals surface area contributed by atoms with E-state index in [4.69, 9.17) is 18.9 Å². The minimum absolute atomic E-state index is 0.00318. The Hall–Kier alpha value is -3.02. The lowest BCUT2D eigenvalue weighted by atomic mass is 9.93. The van der Waals surface area contributed by atoms with Gasteiger partial charge >= 0.3 is 5.97 Å². The van der Waals surface area contributed by atoms with Gasteiger partial charge in [0.1, 0.15) is 12.7 Å². The van der Waals surface area contributed by atoms with Gasteiger partial charge in [0.15, 0.2) is 17.3 Å². The molecular weight excluding hydrogens is 432 g/mol. The molecule has 2 aliphatic carbocycles. The first kappa shape index (κ1) is 24.1. The molecular formula is C28H34O6. The van der Waals surface area contributed by atoms with Crippen LogP contribution in [0.15, 0.2) is 30.3 Å². The zero-order valence-corrected chi connectivity index (χ0v) is 20.6. The van der Waals surface area contributed by atoms with Gasteiger partial charge in [-0.2, -0.15) is 0 Å². The molecule has 0 spiro atoms. The minimum Gasteiger partial charge on any atom is -0.493 e. The standard InChI is InChI=1S/C28H34O6/c1-28(2,27(30)34-20-8-6-5-7-9-20)17-33-25-22(13-15-24(31-3)26(25)32-4)19-10-12-21-18(16-19)11-14-23(21)29/h10,12-13,15-16,20H,5-9,11,14,17H2,1-4H3. The molecule has 0 aromatic heterocycles. The number of ketones is 1. The van der Waals surface area contributed by atoms with Gasteiger partial charge in [0, 0.05) is 17.5 Å². The van der Waals surface area contributed by atoms with E-state index in [1.165, 1.54) is 6.42 Å². The summed E-state index contributed by atoms with van der Waals surface area (Å²) in [5, 5.41) is 0. The van der Waals surface area contributed by atoms with Crippen LogP contribution in [0.2, 0.25) is 0 Å². The van der Waals surface area contributed by atoms with Gasteiger partial charge in [-0.3, -0.25) is 9.59 Å². The molecule has 0 aliphatic heterocycles. The van der Waals surface area contributed by atoms with Crippen molar-refractivity contribution in [3.63, 3.8) is 0 Å². The van der Waals surface area contributed by atoms with Crippen molar-refractivity contribution in [2.75, 3.05) is 20.8 Å². The van der Waals surface area contributed by atoms with E-state index in [0.29, 0.717) is 23.7 Å². The van der Waals surface area contributed by atoms with Gasteiger partial charge in [-0.25, -0.2) is 0 Å². The predicted octanol–water partition coefficient (Wildman–Crippen LogP) is 5.78. The summed E-state index contributed by atoms with van der Waals surface area (Å²) >= 11 is 0. The normalized spacial score (nSPS) is 16.2. The second kappa shape index (κ2) is 10.1. The minimum atomic E-state index is -0.840. The first-order valence-corrected chi connectivity index (χ1v) is 12.1. The van der Waals surface area contributed by atoms with Crippen molar-refractivity contribution in [3.8, 4) is 28.4 Å². The van der Waals surface area contributed by atoms with E-state index in [1.807, 2.05) is 44.2 Å². The van der Waals surface area contributed by atoms with Crippen LogP contribution in [0.4, 0.5) is 0 Å². The number of carbonyl (C=O) groups is 2. The molecule has 0 N–H and O–H groups in total. The molecule has 0 atom stereocenters. The van der Waals surface area contributed by atoms with E-state index >= 15 is 0 Å². The van der Waals surface area contributed by atoms with Gasteiger partial charge in [-0.15, -0.1) is 0 Å². The molecule has 2 aliphatic rings. The molecule has 0 heterocycles. The SMILES string of the molecule is COc1ccc(-c2ccc3c(c2)CCC3=O)c(OCC(C)(C)C(=O)OC2CCCCC2)c1OC. The number of hydrogen-bond donors (Lipinski definition) is 0. The van der Waals surface area contributed by atoms with Gasteiger partial charge in [0.2, 0.25) is 5.75 Å². The molecule has 0 bridgehead atoms. The van der Waals surface area contributed by atoms with Gasteiger partial charge in [-0.05, 0) is 69.2 Å². The van der Waals surface area contributed by atoms with E-state index < -0.39 is 5.41 Å². The van der Waals surface area contributed by atoms with E-state index in [-0.39, 0.29) is 24.5 Å². The Labute approximate surface area is 201 Å². The number of hydrogen-bond acceptors (Lipinski definition) is 6. The summed E-state index contributed by atoms with van der Waals surface area (Å²) in [6.07, 6.45) is 6.55. The maximum Gasteiger partial charge on any atom is 0.315 e. The molecule has 0 unspecified atom stereocenters. The van der Waals surface area contributed by atoms with Crippen LogP contribution in [0.5, 0.6) is 17.2 Å². The third kappa shape index (κ3) is 4.91. The molecule has 1 fully saturated rings. The van der Waals surface area contributed by atoms with Crippen LogP contribution in [0.3, 0.4) is 0 Å². The van der Waals surface area contributed by atoms with Crippen molar-refractivity contribution in [3.05, 3.63) is 41.5 Å². The average Bonchev–Trinajstić information content (AvgIpc) is 3.22. The number of esters is 1. The molecule has 34 heavy (non-hydrogen) atoms. The van der Waals surface area contributed by atoms with E-state index in [9.17, 15) is 9.59 Å². The summed E-state index contributed by atoms with van der Waals surface area (Å²) in [5.41, 5.74) is 2.73. The number of fused-ring (bicyclic) bond motifs is 1. The number of rotatable bonds is 8. The van der Waals surface area contributed by atoms with Crippen molar-refractivity contribution in [2.24, 2.45) is 5.41 Å². The topological polar surface area (TPSA) is 71.1 Å². The van der Waals surface area contributed by atoms with Crippen LogP contribution < -0.4 is 14.2 Å². The van der Waals surface area contributed by atoms with E-state index in [2.05, 4.69) is 0 Å². The Morgan fingerprint density at radius 3 is 2.38 bits per heavy atom. The molecule has 4 rings (SSSR count). The molecule has 6 nitrogen and oxygen atoms in total. The number of ether oxygens (including phenoxy) is 4. The zero-order chi connectivity index (χ0) is 24.3. The van der Waals surface area contributed by atoms with Crippen LogP contribution in [-0.2, 0) is 16.0 Å². The first-order valence-electron chi connectivity index (χ1n) is 12.1. The molecule has 2 aromatic carbocycles. The van der Waals surface area contributed by atoms with Gasteiger partial charge in [-0.1, -0.05) is 24.6 Å². The second-order valence-corrected chi connectivity index (χ2v) is 9.81. The lowest BCUT2D eigenvalue weighted by molar-refractivity contribution is -0.162. The number of carbonyl (C=O) groups excluding carboxylic acids is 2. The fraction of sp³-hybridized carbons (Fsp3) is 0.500. The second-order valence-electron chi connectivity index (χ2n) is 9.81. The monoisotopic (exact) mass is 466 g/mol. The molecule has 0 radical (unpaired) electrons. The quantitative estimate of drug-likeness (QED) is 0.459. The summed E-state index contributed by atoms with van der Waals surface area (Å²) in [6.45, 7) is 3.80. The van der Waals surface area contributed by atoms with Crippen LogP contribution >= 0.6 is 0 Å². The molecule has 1 saturated carbocycles. The first-order chi connectivity index (χ1) is 16.3. The van der Waals surface area contributed by atoms with Crippen molar-refractivity contribution in [1.82, 2.24) is 0 Å². The molecule has 0 saturated heterocycles. The van der Waals surface area contributed by atoms with Crippen molar-refractivity contribution in [2.45, 2.75) is 64.9 Å². The fourth-order valence-electron chi connectivity index (χ4n) is 4.70. The summed E-state index contributed by atoms with van der Waals surface area (Å²) < 4.78 is 23.3. The number of methoxy groups -OCH3 is 2. The van der Waals surface area contributed by atoms with Crippen LogP contribution in [0.1, 0.15) is 68.3 Å². The maximum absolute atomic E-state index is 13.0. The summed E-state index contributed by atoms with van der Waals surface area (Å²) in [6, 6.07) is 9.60. The number of aryl methyl sites for hydroxylation is 1. The Morgan fingerprint density at radius 1 is 0.941 bits per heavy atom. The highest BCUT2D eigenvalue weighted by Crippen LogP contribution is 2.45. The van der Waals surface area contributed by atoms with Gasteiger partial charge in [0.05, 0.1) is 19.6 Å². The van der Waals surface area contributed by atoms with Crippen molar-refractivity contribution < 1.29 is 28.5 Å². The highest BCUT2D eigenvalue weighted by molar-refractivity contribution is 6.01.